The van der Waals surface area contributed by atoms with Crippen LogP contribution in [0.5, 0.6) is 0 Å². The molecule has 0 aliphatic heterocycles. The van der Waals surface area contributed by atoms with Crippen LogP contribution in [0.25, 0.3) is 22.6 Å². The fraction of sp³-hybridized carbons (Fsp3) is 0. The summed E-state index contributed by atoms with van der Waals surface area (Å²) in [6.07, 6.45) is 1.45. The molecule has 19 heavy (non-hydrogen) atoms. The van der Waals surface area contributed by atoms with Crippen molar-refractivity contribution in [3.05, 3.63) is 45.7 Å². The molecule has 2 heterocycles. The summed E-state index contributed by atoms with van der Waals surface area (Å²) in [5.74, 6) is -0.375. The molecule has 94 valence electrons. The molecular formula is C13H8IN3O2. The first-order chi connectivity index (χ1) is 9.15. The van der Waals surface area contributed by atoms with Crippen molar-refractivity contribution in [1.82, 2.24) is 15.0 Å². The predicted molar refractivity (Wildman–Crippen MR) is 79.0 cm³/mol. The van der Waals surface area contributed by atoms with Crippen LogP contribution >= 0.6 is 22.6 Å². The number of nitrogens with one attached hydrogen (secondary N) is 1. The van der Waals surface area contributed by atoms with Gasteiger partial charge >= 0.3 is 5.97 Å². The van der Waals surface area contributed by atoms with Crippen molar-refractivity contribution in [2.24, 2.45) is 0 Å². The van der Waals surface area contributed by atoms with Crippen molar-refractivity contribution in [2.45, 2.75) is 0 Å². The second kappa shape index (κ2) is 4.61. The highest BCUT2D eigenvalue weighted by atomic mass is 127. The minimum Gasteiger partial charge on any atom is -0.478 e. The van der Waals surface area contributed by atoms with Gasteiger partial charge in [-0.3, -0.25) is 0 Å². The number of carboxylic acids is 1. The smallest absolute Gasteiger partial charge is 0.338 e. The van der Waals surface area contributed by atoms with E-state index in [1.54, 1.807) is 0 Å². The minimum atomic E-state index is -0.995. The summed E-state index contributed by atoms with van der Waals surface area (Å²) >= 11 is 2.22. The Bertz CT molecular complexity index is 782. The molecule has 2 N–H and O–H groups in total. The van der Waals surface area contributed by atoms with E-state index in [9.17, 15) is 4.79 Å². The highest BCUT2D eigenvalue weighted by Gasteiger charge is 2.13. The molecule has 0 aliphatic carbocycles. The SMILES string of the molecule is O=C(O)c1ccnc2nc(-c3cccc(I)c3)[nH]c12. The Labute approximate surface area is 121 Å². The van der Waals surface area contributed by atoms with Crippen molar-refractivity contribution in [3.8, 4) is 11.4 Å². The number of aromatic nitrogens is 3. The Morgan fingerprint density at radius 2 is 2.16 bits per heavy atom. The zero-order chi connectivity index (χ0) is 13.4. The van der Waals surface area contributed by atoms with Crippen molar-refractivity contribution < 1.29 is 9.90 Å². The molecule has 5 nitrogen and oxygen atoms in total. The summed E-state index contributed by atoms with van der Waals surface area (Å²) in [6, 6.07) is 9.25. The van der Waals surface area contributed by atoms with Gasteiger partial charge in [0, 0.05) is 15.3 Å². The topological polar surface area (TPSA) is 78.9 Å². The number of benzene rings is 1. The Balaban J connectivity index is 2.22. The molecule has 0 amide bonds. The Morgan fingerprint density at radius 1 is 1.32 bits per heavy atom. The number of aromatic amines is 1. The third-order valence-corrected chi connectivity index (χ3v) is 3.39. The lowest BCUT2D eigenvalue weighted by molar-refractivity contribution is 0.0699. The van der Waals surface area contributed by atoms with Gasteiger partial charge in [-0.05, 0) is 40.8 Å². The van der Waals surface area contributed by atoms with Crippen molar-refractivity contribution in [1.29, 1.82) is 0 Å². The molecule has 0 saturated heterocycles. The lowest BCUT2D eigenvalue weighted by Crippen LogP contribution is -1.97. The third-order valence-electron chi connectivity index (χ3n) is 2.72. The number of carboxylic acid groups (broad SMARTS) is 1. The molecule has 3 rings (SSSR count). The Morgan fingerprint density at radius 3 is 2.89 bits per heavy atom. The summed E-state index contributed by atoms with van der Waals surface area (Å²) in [5.41, 5.74) is 1.94. The fourth-order valence-electron chi connectivity index (χ4n) is 1.86. The van der Waals surface area contributed by atoms with Crippen LogP contribution in [0.1, 0.15) is 10.4 Å². The number of rotatable bonds is 2. The van der Waals surface area contributed by atoms with Gasteiger partial charge in [-0.2, -0.15) is 0 Å². The molecule has 3 aromatic rings. The second-order valence-electron chi connectivity index (χ2n) is 3.96. The van der Waals surface area contributed by atoms with Crippen LogP contribution in [0.2, 0.25) is 0 Å². The highest BCUT2D eigenvalue weighted by Crippen LogP contribution is 2.22. The third kappa shape index (κ3) is 2.19. The van der Waals surface area contributed by atoms with Gasteiger partial charge < -0.3 is 10.1 Å². The number of hydrogen-bond donors (Lipinski definition) is 2. The van der Waals surface area contributed by atoms with E-state index in [4.69, 9.17) is 5.11 Å². The van der Waals surface area contributed by atoms with Crippen LogP contribution in [-0.2, 0) is 0 Å². The van der Waals surface area contributed by atoms with E-state index in [0.29, 0.717) is 17.0 Å². The van der Waals surface area contributed by atoms with Gasteiger partial charge in [0.05, 0.1) is 11.1 Å². The summed E-state index contributed by atoms with van der Waals surface area (Å²) in [6.45, 7) is 0. The largest absolute Gasteiger partial charge is 0.478 e. The van der Waals surface area contributed by atoms with Gasteiger partial charge in [-0.25, -0.2) is 14.8 Å². The van der Waals surface area contributed by atoms with E-state index in [0.717, 1.165) is 9.13 Å². The van der Waals surface area contributed by atoms with E-state index in [1.807, 2.05) is 24.3 Å². The maximum absolute atomic E-state index is 11.1. The minimum absolute atomic E-state index is 0.175. The van der Waals surface area contributed by atoms with Crippen molar-refractivity contribution in [3.63, 3.8) is 0 Å². The number of carbonyl (C=O) groups is 1. The van der Waals surface area contributed by atoms with Gasteiger partial charge in [0.15, 0.2) is 5.65 Å². The first kappa shape index (κ1) is 12.1. The lowest BCUT2D eigenvalue weighted by atomic mass is 10.2. The normalized spacial score (nSPS) is 10.8. The standard InChI is InChI=1S/C13H8IN3O2/c14-8-3-1-2-7(6-8)11-16-10-9(13(18)19)4-5-15-12(10)17-11/h1-6H,(H,18,19)(H,15,16,17). The maximum Gasteiger partial charge on any atom is 0.338 e. The van der Waals surface area contributed by atoms with E-state index in [1.165, 1.54) is 12.3 Å². The summed E-state index contributed by atoms with van der Waals surface area (Å²) < 4.78 is 1.09. The molecule has 0 bridgehead atoms. The van der Waals surface area contributed by atoms with Gasteiger partial charge in [-0.15, -0.1) is 0 Å². The number of H-pyrrole nitrogens is 1. The van der Waals surface area contributed by atoms with Gasteiger partial charge in [0.1, 0.15) is 5.82 Å². The van der Waals surface area contributed by atoms with Crippen LogP contribution < -0.4 is 0 Å². The predicted octanol–water partition coefficient (Wildman–Crippen LogP) is 2.93. The van der Waals surface area contributed by atoms with Gasteiger partial charge in [-0.1, -0.05) is 12.1 Å². The quantitative estimate of drug-likeness (QED) is 0.685. The number of pyridine rings is 1. The van der Waals surface area contributed by atoms with E-state index < -0.39 is 5.97 Å². The van der Waals surface area contributed by atoms with Crippen molar-refractivity contribution in [2.75, 3.05) is 0 Å². The van der Waals surface area contributed by atoms with Crippen LogP contribution in [0.15, 0.2) is 36.5 Å². The zero-order valence-corrected chi connectivity index (χ0v) is 11.7. The van der Waals surface area contributed by atoms with Gasteiger partial charge in [0.2, 0.25) is 0 Å². The maximum atomic E-state index is 11.1. The molecule has 0 unspecified atom stereocenters. The molecule has 6 heteroatoms. The van der Waals surface area contributed by atoms with E-state index in [2.05, 4.69) is 37.5 Å². The first-order valence-electron chi connectivity index (χ1n) is 5.49. The average molecular weight is 365 g/mol. The number of aromatic carboxylic acids is 1. The average Bonchev–Trinajstić information content (AvgIpc) is 2.82. The zero-order valence-electron chi connectivity index (χ0n) is 9.59. The number of fused-ring (bicyclic) bond motifs is 1. The van der Waals surface area contributed by atoms with Gasteiger partial charge in [0.25, 0.3) is 0 Å². The Kier molecular flexibility index (Phi) is 2.94. The van der Waals surface area contributed by atoms with E-state index in [-0.39, 0.29) is 5.56 Å². The van der Waals surface area contributed by atoms with Crippen LogP contribution in [0.3, 0.4) is 0 Å². The van der Waals surface area contributed by atoms with E-state index >= 15 is 0 Å². The number of imidazole rings is 1. The molecule has 1 aromatic carbocycles. The Hall–Kier alpha value is -1.96. The summed E-state index contributed by atoms with van der Waals surface area (Å²) in [7, 11) is 0. The molecule has 0 aliphatic rings. The van der Waals surface area contributed by atoms with Crippen LogP contribution in [0, 0.1) is 3.57 Å². The van der Waals surface area contributed by atoms with Crippen molar-refractivity contribution >= 4 is 39.7 Å². The lowest BCUT2D eigenvalue weighted by Gasteiger charge is -1.96. The number of nitrogens with zero attached hydrogens (tertiary/aromatic N) is 2. The molecule has 2 aromatic heterocycles. The van der Waals surface area contributed by atoms with Crippen LogP contribution in [-0.4, -0.2) is 26.0 Å². The highest BCUT2D eigenvalue weighted by molar-refractivity contribution is 14.1. The molecule has 0 spiro atoms. The molecular weight excluding hydrogens is 357 g/mol. The molecule has 0 fully saturated rings. The summed E-state index contributed by atoms with van der Waals surface area (Å²) in [4.78, 5) is 22.6. The second-order valence-corrected chi connectivity index (χ2v) is 5.20. The molecule has 0 saturated carbocycles. The monoisotopic (exact) mass is 365 g/mol. The first-order valence-corrected chi connectivity index (χ1v) is 6.57. The van der Waals surface area contributed by atoms with Crippen LogP contribution in [0.4, 0.5) is 0 Å². The molecule has 0 atom stereocenters. The number of hydrogen-bond acceptors (Lipinski definition) is 3. The fourth-order valence-corrected chi connectivity index (χ4v) is 2.40. The summed E-state index contributed by atoms with van der Waals surface area (Å²) in [5, 5.41) is 9.13. The molecule has 0 radical (unpaired) electrons. The number of halogens is 1.